The van der Waals surface area contributed by atoms with E-state index in [-0.39, 0.29) is 29.4 Å². The zero-order valence-electron chi connectivity index (χ0n) is 13.0. The Morgan fingerprint density at radius 3 is 2.26 bits per heavy atom. The quantitative estimate of drug-likeness (QED) is 0.829. The number of phenolic OH excluding ortho intramolecular Hbond substituents is 1. The molecule has 0 fully saturated rings. The van der Waals surface area contributed by atoms with Crippen molar-refractivity contribution in [3.8, 4) is 17.2 Å². The van der Waals surface area contributed by atoms with Crippen molar-refractivity contribution in [2.24, 2.45) is 0 Å². The summed E-state index contributed by atoms with van der Waals surface area (Å²) >= 11 is 0. The number of benzene rings is 2. The lowest BCUT2D eigenvalue weighted by Gasteiger charge is -2.10. The average Bonchev–Trinajstić information content (AvgIpc) is 2.59. The van der Waals surface area contributed by atoms with Crippen LogP contribution in [0.2, 0.25) is 0 Å². The molecule has 0 saturated carbocycles. The molecule has 0 aromatic heterocycles. The van der Waals surface area contributed by atoms with Gasteiger partial charge in [-0.1, -0.05) is 36.4 Å². The Balaban J connectivity index is 2.02. The Morgan fingerprint density at radius 1 is 1.09 bits per heavy atom. The van der Waals surface area contributed by atoms with Gasteiger partial charge in [-0.15, -0.1) is 0 Å². The number of carbonyl (C=O) groups is 1. The number of ether oxygens (including phenoxy) is 3. The summed E-state index contributed by atoms with van der Waals surface area (Å²) in [6.07, 6.45) is 3.62. The number of esters is 1. The Kier molecular flexibility index (Phi) is 5.63. The molecule has 23 heavy (non-hydrogen) atoms. The summed E-state index contributed by atoms with van der Waals surface area (Å²) in [5.74, 6) is -0.387. The summed E-state index contributed by atoms with van der Waals surface area (Å²) < 4.78 is 15.2. The van der Waals surface area contributed by atoms with E-state index >= 15 is 0 Å². The second-order valence-electron chi connectivity index (χ2n) is 4.64. The summed E-state index contributed by atoms with van der Waals surface area (Å²) in [5, 5.41) is 9.82. The Morgan fingerprint density at radius 2 is 1.70 bits per heavy atom. The lowest BCUT2D eigenvalue weighted by Crippen LogP contribution is -2.06. The molecule has 0 aliphatic heterocycles. The molecule has 0 radical (unpaired) electrons. The molecule has 2 aromatic carbocycles. The fraction of sp³-hybridized carbons (Fsp3) is 0.167. The standard InChI is InChI=1S/C18H18O5/c1-21-15-11-14(12-16(22-2)17(15)19)18(20)23-10-6-9-13-7-4-3-5-8-13/h3-9,11-12,19H,10H2,1-2H3/b9-6+. The fourth-order valence-electron chi connectivity index (χ4n) is 1.97. The number of hydrogen-bond donors (Lipinski definition) is 1. The maximum absolute atomic E-state index is 12.1. The molecule has 0 spiro atoms. The third kappa shape index (κ3) is 4.26. The van der Waals surface area contributed by atoms with Crippen molar-refractivity contribution in [1.29, 1.82) is 0 Å². The third-order valence-electron chi connectivity index (χ3n) is 3.14. The van der Waals surface area contributed by atoms with E-state index in [2.05, 4.69) is 0 Å². The SMILES string of the molecule is COc1cc(C(=O)OC/C=C/c2ccccc2)cc(OC)c1O. The zero-order valence-corrected chi connectivity index (χ0v) is 13.0. The monoisotopic (exact) mass is 314 g/mol. The van der Waals surface area contributed by atoms with Gasteiger partial charge < -0.3 is 19.3 Å². The zero-order chi connectivity index (χ0) is 16.7. The predicted molar refractivity (Wildman–Crippen MR) is 87.0 cm³/mol. The van der Waals surface area contributed by atoms with Gasteiger partial charge >= 0.3 is 5.97 Å². The molecule has 0 aliphatic carbocycles. The van der Waals surface area contributed by atoms with Crippen LogP contribution in [0.25, 0.3) is 6.08 Å². The van der Waals surface area contributed by atoms with Crippen molar-refractivity contribution in [3.63, 3.8) is 0 Å². The van der Waals surface area contributed by atoms with E-state index in [1.807, 2.05) is 36.4 Å². The van der Waals surface area contributed by atoms with Crippen molar-refractivity contribution >= 4 is 12.0 Å². The summed E-state index contributed by atoms with van der Waals surface area (Å²) in [6.45, 7) is 0.138. The molecule has 5 nitrogen and oxygen atoms in total. The van der Waals surface area contributed by atoms with Gasteiger partial charge in [0.2, 0.25) is 5.75 Å². The molecular weight excluding hydrogens is 296 g/mol. The number of hydrogen-bond acceptors (Lipinski definition) is 5. The first kappa shape index (κ1) is 16.4. The second kappa shape index (κ2) is 7.89. The van der Waals surface area contributed by atoms with Gasteiger partial charge in [-0.3, -0.25) is 0 Å². The van der Waals surface area contributed by atoms with Gasteiger partial charge in [0.25, 0.3) is 0 Å². The van der Waals surface area contributed by atoms with Crippen LogP contribution in [0.3, 0.4) is 0 Å². The minimum Gasteiger partial charge on any atom is -0.502 e. The second-order valence-corrected chi connectivity index (χ2v) is 4.64. The number of aromatic hydroxyl groups is 1. The van der Waals surface area contributed by atoms with E-state index in [1.165, 1.54) is 26.4 Å². The van der Waals surface area contributed by atoms with Crippen LogP contribution in [0, 0.1) is 0 Å². The normalized spacial score (nSPS) is 10.5. The molecule has 2 aromatic rings. The van der Waals surface area contributed by atoms with E-state index in [0.29, 0.717) is 0 Å². The van der Waals surface area contributed by atoms with E-state index in [0.717, 1.165) is 5.56 Å². The molecule has 0 aliphatic rings. The van der Waals surface area contributed by atoms with Crippen LogP contribution in [0.5, 0.6) is 17.2 Å². The van der Waals surface area contributed by atoms with E-state index in [9.17, 15) is 9.90 Å². The molecule has 0 atom stereocenters. The highest BCUT2D eigenvalue weighted by Gasteiger charge is 2.16. The van der Waals surface area contributed by atoms with Gasteiger partial charge in [0, 0.05) is 0 Å². The van der Waals surface area contributed by atoms with Gasteiger partial charge in [-0.2, -0.15) is 0 Å². The summed E-state index contributed by atoms with van der Waals surface area (Å²) in [6, 6.07) is 12.5. The van der Waals surface area contributed by atoms with Gasteiger partial charge in [-0.25, -0.2) is 4.79 Å². The van der Waals surface area contributed by atoms with Crippen molar-refractivity contribution in [3.05, 3.63) is 59.7 Å². The molecule has 120 valence electrons. The van der Waals surface area contributed by atoms with Crippen molar-refractivity contribution < 1.29 is 24.1 Å². The highest BCUT2D eigenvalue weighted by atomic mass is 16.5. The highest BCUT2D eigenvalue weighted by molar-refractivity contribution is 5.91. The minimum atomic E-state index is -0.528. The van der Waals surface area contributed by atoms with Crippen LogP contribution in [0.1, 0.15) is 15.9 Å². The molecular formula is C18H18O5. The average molecular weight is 314 g/mol. The smallest absolute Gasteiger partial charge is 0.338 e. The number of rotatable bonds is 6. The largest absolute Gasteiger partial charge is 0.502 e. The number of methoxy groups -OCH3 is 2. The molecule has 1 N–H and O–H groups in total. The van der Waals surface area contributed by atoms with Gasteiger partial charge in [0.15, 0.2) is 11.5 Å². The molecule has 2 rings (SSSR count). The fourth-order valence-corrected chi connectivity index (χ4v) is 1.97. The molecule has 0 amide bonds. The first-order chi connectivity index (χ1) is 11.2. The lowest BCUT2D eigenvalue weighted by molar-refractivity contribution is 0.0549. The van der Waals surface area contributed by atoms with Crippen LogP contribution >= 0.6 is 0 Å². The van der Waals surface area contributed by atoms with Gasteiger partial charge in [-0.05, 0) is 23.8 Å². The van der Waals surface area contributed by atoms with Crippen molar-refractivity contribution in [2.45, 2.75) is 0 Å². The Labute approximate surface area is 134 Å². The van der Waals surface area contributed by atoms with Crippen LogP contribution in [-0.4, -0.2) is 31.9 Å². The lowest BCUT2D eigenvalue weighted by atomic mass is 10.2. The van der Waals surface area contributed by atoms with E-state index < -0.39 is 5.97 Å². The van der Waals surface area contributed by atoms with Gasteiger partial charge in [0.1, 0.15) is 6.61 Å². The maximum atomic E-state index is 12.1. The Hall–Kier alpha value is -2.95. The molecule has 0 bridgehead atoms. The summed E-state index contributed by atoms with van der Waals surface area (Å²) in [7, 11) is 2.79. The molecule has 0 saturated heterocycles. The molecule has 0 heterocycles. The topological polar surface area (TPSA) is 65.0 Å². The van der Waals surface area contributed by atoms with E-state index in [1.54, 1.807) is 6.08 Å². The van der Waals surface area contributed by atoms with E-state index in [4.69, 9.17) is 14.2 Å². The minimum absolute atomic E-state index is 0.138. The number of carbonyl (C=O) groups excluding carboxylic acids is 1. The highest BCUT2D eigenvalue weighted by Crippen LogP contribution is 2.37. The molecule has 5 heteroatoms. The van der Waals surface area contributed by atoms with Crippen LogP contribution < -0.4 is 9.47 Å². The first-order valence-electron chi connectivity index (χ1n) is 6.99. The van der Waals surface area contributed by atoms with Crippen molar-refractivity contribution in [1.82, 2.24) is 0 Å². The first-order valence-corrected chi connectivity index (χ1v) is 6.99. The summed E-state index contributed by atoms with van der Waals surface area (Å²) in [4.78, 5) is 12.1. The third-order valence-corrected chi connectivity index (χ3v) is 3.14. The van der Waals surface area contributed by atoms with Crippen LogP contribution in [0.4, 0.5) is 0 Å². The Bertz CT molecular complexity index is 667. The molecule has 0 unspecified atom stereocenters. The predicted octanol–water partition coefficient (Wildman–Crippen LogP) is 3.28. The maximum Gasteiger partial charge on any atom is 0.338 e. The van der Waals surface area contributed by atoms with Crippen LogP contribution in [-0.2, 0) is 4.74 Å². The van der Waals surface area contributed by atoms with Gasteiger partial charge in [0.05, 0.1) is 19.8 Å². The van der Waals surface area contributed by atoms with Crippen LogP contribution in [0.15, 0.2) is 48.5 Å². The van der Waals surface area contributed by atoms with Crippen molar-refractivity contribution in [2.75, 3.05) is 20.8 Å². The number of phenols is 1. The summed E-state index contributed by atoms with van der Waals surface area (Å²) in [5.41, 5.74) is 1.26.